The maximum atomic E-state index is 10.9. The summed E-state index contributed by atoms with van der Waals surface area (Å²) < 4.78 is 26.6. The van der Waals surface area contributed by atoms with E-state index in [1.54, 1.807) is 0 Å². The molecule has 1 unspecified atom stereocenters. The number of rotatable bonds is 27. The van der Waals surface area contributed by atoms with Crippen LogP contribution < -0.4 is 5.73 Å². The van der Waals surface area contributed by atoms with E-state index >= 15 is 0 Å². The molecule has 1 atom stereocenters. The molecule has 0 spiro atoms. The van der Waals surface area contributed by atoms with E-state index in [1.165, 1.54) is 77.0 Å². The zero-order chi connectivity index (χ0) is 28.0. The first kappa shape index (κ1) is 38.6. The molecule has 0 heterocycles. The van der Waals surface area contributed by atoms with Gasteiger partial charge in [0.25, 0.3) is 0 Å². The average molecular weight is 558 g/mol. The van der Waals surface area contributed by atoms with Gasteiger partial charge in [0.15, 0.2) is 0 Å². The van der Waals surface area contributed by atoms with E-state index in [9.17, 15) is 9.36 Å². The van der Waals surface area contributed by atoms with Crippen LogP contribution >= 0.6 is 7.82 Å². The van der Waals surface area contributed by atoms with E-state index in [4.69, 9.17) is 35.2 Å². The van der Waals surface area contributed by atoms with Crippen LogP contribution in [0.15, 0.2) is 0 Å². The van der Waals surface area contributed by atoms with Gasteiger partial charge in [-0.15, -0.1) is 0 Å². The highest BCUT2D eigenvalue weighted by Crippen LogP contribution is 2.35. The van der Waals surface area contributed by atoms with Gasteiger partial charge in [0.1, 0.15) is 6.10 Å². The standard InChI is InChI=1S/C24H49O8P.C2H7NO/c1-2-3-4-5-6-7-8-9-10-11-12-13-14-16-19-30-21-23(22-32-33(27,28)29)31-20-17-15-18-24(25)26;3-1-2-4/h23H,2-22H2,1H3,(H,25,26)(H2,27,28,29);4H,1-3H2. The molecule has 0 aromatic heterocycles. The first-order chi connectivity index (χ1) is 17.8. The van der Waals surface area contributed by atoms with Gasteiger partial charge in [-0.25, -0.2) is 4.57 Å². The summed E-state index contributed by atoms with van der Waals surface area (Å²) >= 11 is 0. The van der Waals surface area contributed by atoms with Gasteiger partial charge in [-0.05, 0) is 19.3 Å². The van der Waals surface area contributed by atoms with Crippen LogP contribution in [0.5, 0.6) is 0 Å². The topological polar surface area (TPSA) is 169 Å². The summed E-state index contributed by atoms with van der Waals surface area (Å²) in [5, 5.41) is 16.4. The van der Waals surface area contributed by atoms with Crippen LogP contribution in [0.2, 0.25) is 0 Å². The van der Waals surface area contributed by atoms with Crippen molar-refractivity contribution in [1.29, 1.82) is 0 Å². The van der Waals surface area contributed by atoms with Gasteiger partial charge in [0.05, 0.1) is 19.8 Å². The predicted molar refractivity (Wildman–Crippen MR) is 146 cm³/mol. The summed E-state index contributed by atoms with van der Waals surface area (Å²) in [6, 6.07) is 0. The maximum Gasteiger partial charge on any atom is 0.469 e. The Kier molecular flexibility index (Phi) is 31.2. The average Bonchev–Trinajstić information content (AvgIpc) is 2.85. The lowest BCUT2D eigenvalue weighted by Gasteiger charge is -2.18. The van der Waals surface area contributed by atoms with Crippen LogP contribution in [0.4, 0.5) is 0 Å². The highest BCUT2D eigenvalue weighted by atomic mass is 31.2. The van der Waals surface area contributed by atoms with Crippen LogP contribution in [-0.2, 0) is 23.4 Å². The highest BCUT2D eigenvalue weighted by molar-refractivity contribution is 7.46. The van der Waals surface area contributed by atoms with Gasteiger partial charge in [0.2, 0.25) is 0 Å². The fourth-order valence-electron chi connectivity index (χ4n) is 3.57. The van der Waals surface area contributed by atoms with Crippen molar-refractivity contribution in [1.82, 2.24) is 0 Å². The van der Waals surface area contributed by atoms with Crippen molar-refractivity contribution < 1.29 is 43.4 Å². The summed E-state index contributed by atoms with van der Waals surface area (Å²) in [6.45, 7) is 3.53. The lowest BCUT2D eigenvalue weighted by molar-refractivity contribution is -0.137. The number of hydrogen-bond donors (Lipinski definition) is 5. The molecule has 0 aliphatic carbocycles. The molecule has 0 aliphatic rings. The van der Waals surface area contributed by atoms with Gasteiger partial charge in [-0.1, -0.05) is 90.4 Å². The molecule has 0 radical (unpaired) electrons. The van der Waals surface area contributed by atoms with E-state index in [1.807, 2.05) is 0 Å². The molecule has 6 N–H and O–H groups in total. The second-order valence-corrected chi connectivity index (χ2v) is 10.6. The minimum atomic E-state index is -4.57. The minimum Gasteiger partial charge on any atom is -0.481 e. The Morgan fingerprint density at radius 3 is 1.68 bits per heavy atom. The highest BCUT2D eigenvalue weighted by Gasteiger charge is 2.19. The molecule has 0 saturated carbocycles. The van der Waals surface area contributed by atoms with Gasteiger partial charge in [0, 0.05) is 26.2 Å². The third-order valence-electron chi connectivity index (χ3n) is 5.64. The molecule has 0 amide bonds. The van der Waals surface area contributed by atoms with Crippen molar-refractivity contribution >= 4 is 13.8 Å². The predicted octanol–water partition coefficient (Wildman–Crippen LogP) is 5.17. The number of carboxylic acid groups (broad SMARTS) is 1. The molecule has 0 saturated heterocycles. The van der Waals surface area contributed by atoms with Gasteiger partial charge in [-0.2, -0.15) is 0 Å². The lowest BCUT2D eigenvalue weighted by Crippen LogP contribution is -2.26. The quantitative estimate of drug-likeness (QED) is 0.0671. The smallest absolute Gasteiger partial charge is 0.469 e. The molecular formula is C26H56NO9P. The Labute approximate surface area is 224 Å². The minimum absolute atomic E-state index is 0.0721. The third kappa shape index (κ3) is 37.6. The summed E-state index contributed by atoms with van der Waals surface area (Å²) in [6.07, 6.45) is 18.6. The number of carbonyl (C=O) groups is 1. The van der Waals surface area contributed by atoms with Crippen molar-refractivity contribution in [2.45, 2.75) is 122 Å². The van der Waals surface area contributed by atoms with E-state index in [-0.39, 0.29) is 26.2 Å². The number of hydrogen-bond acceptors (Lipinski definition) is 7. The van der Waals surface area contributed by atoms with Crippen LogP contribution in [0, 0.1) is 0 Å². The first-order valence-corrected chi connectivity index (χ1v) is 15.7. The number of aliphatic hydroxyl groups is 1. The SMILES string of the molecule is CCCCCCCCCCCCCCCCOCC(COP(=O)(O)O)OCCCCC(=O)O.NCCO. The molecule has 10 nitrogen and oxygen atoms in total. The zero-order valence-corrected chi connectivity index (χ0v) is 24.1. The number of nitrogens with two attached hydrogens (primary N) is 1. The molecule has 0 bridgehead atoms. The Morgan fingerprint density at radius 1 is 0.784 bits per heavy atom. The monoisotopic (exact) mass is 557 g/mol. The zero-order valence-electron chi connectivity index (χ0n) is 23.2. The molecule has 0 fully saturated rings. The maximum absolute atomic E-state index is 10.9. The number of phosphoric ester groups is 1. The number of ether oxygens (including phenoxy) is 2. The van der Waals surface area contributed by atoms with Gasteiger partial charge >= 0.3 is 13.8 Å². The van der Waals surface area contributed by atoms with Crippen molar-refractivity contribution in [3.05, 3.63) is 0 Å². The van der Waals surface area contributed by atoms with E-state index in [0.29, 0.717) is 32.6 Å². The Bertz CT molecular complexity index is 518. The first-order valence-electron chi connectivity index (χ1n) is 14.2. The van der Waals surface area contributed by atoms with Gasteiger partial charge in [-0.3, -0.25) is 9.32 Å². The van der Waals surface area contributed by atoms with Crippen LogP contribution in [-0.4, -0.2) is 71.7 Å². The molecule has 0 aliphatic heterocycles. The summed E-state index contributed by atoms with van der Waals surface area (Å²) in [7, 11) is -4.57. The Morgan fingerprint density at radius 2 is 1.24 bits per heavy atom. The number of aliphatic hydroxyl groups excluding tert-OH is 1. The second kappa shape index (κ2) is 30.0. The second-order valence-electron chi connectivity index (χ2n) is 9.31. The summed E-state index contributed by atoms with van der Waals surface area (Å²) in [4.78, 5) is 28.3. The van der Waals surface area contributed by atoms with Crippen LogP contribution in [0.25, 0.3) is 0 Å². The van der Waals surface area contributed by atoms with Crippen LogP contribution in [0.3, 0.4) is 0 Å². The fraction of sp³-hybridized carbons (Fsp3) is 0.962. The van der Waals surface area contributed by atoms with E-state index < -0.39 is 19.9 Å². The van der Waals surface area contributed by atoms with E-state index in [2.05, 4.69) is 11.4 Å². The molecule has 0 aromatic rings. The largest absolute Gasteiger partial charge is 0.481 e. The lowest BCUT2D eigenvalue weighted by atomic mass is 10.0. The van der Waals surface area contributed by atoms with Crippen LogP contribution in [0.1, 0.15) is 116 Å². The normalized spacial score (nSPS) is 12.2. The number of phosphoric acid groups is 1. The molecule has 0 rings (SSSR count). The van der Waals surface area contributed by atoms with Gasteiger partial charge < -0.3 is 35.2 Å². The number of unbranched alkanes of at least 4 members (excludes halogenated alkanes) is 14. The summed E-state index contributed by atoms with van der Waals surface area (Å²) in [5.74, 6) is -0.854. The Balaban J connectivity index is 0. The molecule has 37 heavy (non-hydrogen) atoms. The molecular weight excluding hydrogens is 501 g/mol. The van der Waals surface area contributed by atoms with Crippen molar-refractivity contribution in [2.75, 3.05) is 39.6 Å². The third-order valence-corrected chi connectivity index (χ3v) is 6.13. The molecule has 11 heteroatoms. The van der Waals surface area contributed by atoms with E-state index in [0.717, 1.165) is 12.8 Å². The van der Waals surface area contributed by atoms with Crippen molar-refractivity contribution in [2.24, 2.45) is 5.73 Å². The molecule has 224 valence electrons. The number of carboxylic acids is 1. The fourth-order valence-corrected chi connectivity index (χ4v) is 3.93. The van der Waals surface area contributed by atoms with Crippen molar-refractivity contribution in [3.63, 3.8) is 0 Å². The summed E-state index contributed by atoms with van der Waals surface area (Å²) in [5.41, 5.74) is 4.78. The Hall–Kier alpha value is -0.580. The number of aliphatic carboxylic acids is 1. The molecule has 0 aromatic carbocycles. The van der Waals surface area contributed by atoms with Crippen molar-refractivity contribution in [3.8, 4) is 0 Å².